The molecule has 27 heavy (non-hydrogen) atoms. The first-order valence-electron chi connectivity index (χ1n) is 9.23. The highest BCUT2D eigenvalue weighted by Gasteiger charge is 2.39. The minimum atomic E-state index is -3.74. The Balaban J connectivity index is 1.69. The molecule has 1 fully saturated rings. The summed E-state index contributed by atoms with van der Waals surface area (Å²) in [6, 6.07) is 10.7. The predicted octanol–water partition coefficient (Wildman–Crippen LogP) is 3.39. The molecule has 1 aliphatic rings. The zero-order chi connectivity index (χ0) is 19.4. The van der Waals surface area contributed by atoms with Crippen LogP contribution in [0.25, 0.3) is 0 Å². The zero-order valence-electron chi connectivity index (χ0n) is 15.6. The van der Waals surface area contributed by atoms with E-state index in [1.54, 1.807) is 6.07 Å². The van der Waals surface area contributed by atoms with Gasteiger partial charge in [0.2, 0.25) is 15.9 Å². The van der Waals surface area contributed by atoms with Gasteiger partial charge in [0.05, 0.1) is 6.54 Å². The molecule has 1 heterocycles. The average Bonchev–Trinajstić information content (AvgIpc) is 3.51. The number of amides is 1. The summed E-state index contributed by atoms with van der Waals surface area (Å²) in [5, 5.41) is 2.80. The van der Waals surface area contributed by atoms with Crippen LogP contribution in [0, 0.1) is 0 Å². The summed E-state index contributed by atoms with van der Waals surface area (Å²) in [6.45, 7) is 4.09. The van der Waals surface area contributed by atoms with E-state index >= 15 is 0 Å². The van der Waals surface area contributed by atoms with Gasteiger partial charge in [0.1, 0.15) is 4.90 Å². The minimum absolute atomic E-state index is 0.114. The van der Waals surface area contributed by atoms with Gasteiger partial charge in [-0.3, -0.25) is 9.78 Å². The van der Waals surface area contributed by atoms with Crippen LogP contribution in [0.2, 0.25) is 0 Å². The molecular formula is C20H25N3O3S. The molecule has 0 bridgehead atoms. The maximum absolute atomic E-state index is 12.9. The normalized spacial score (nSPS) is 15.5. The number of carbonyl (C=O) groups is 1. The fourth-order valence-corrected chi connectivity index (χ4v) is 4.49. The third-order valence-corrected chi connectivity index (χ3v) is 6.75. The van der Waals surface area contributed by atoms with Crippen molar-refractivity contribution in [3.63, 3.8) is 0 Å². The van der Waals surface area contributed by atoms with E-state index in [1.807, 2.05) is 24.3 Å². The molecule has 1 N–H and O–H groups in total. The highest BCUT2D eigenvalue weighted by molar-refractivity contribution is 7.89. The van der Waals surface area contributed by atoms with Crippen LogP contribution in [-0.2, 0) is 14.8 Å². The molecular weight excluding hydrogens is 362 g/mol. The fourth-order valence-electron chi connectivity index (χ4n) is 2.88. The van der Waals surface area contributed by atoms with E-state index < -0.39 is 10.0 Å². The molecule has 1 saturated carbocycles. The van der Waals surface area contributed by atoms with Crippen molar-refractivity contribution in [2.75, 3.05) is 11.9 Å². The number of benzene rings is 1. The van der Waals surface area contributed by atoms with Crippen molar-refractivity contribution in [1.82, 2.24) is 9.29 Å². The van der Waals surface area contributed by atoms with Crippen molar-refractivity contribution in [3.05, 3.63) is 54.4 Å². The van der Waals surface area contributed by atoms with Gasteiger partial charge in [0.15, 0.2) is 0 Å². The fraction of sp³-hybridized carbons (Fsp3) is 0.400. The van der Waals surface area contributed by atoms with E-state index in [0.29, 0.717) is 11.6 Å². The Morgan fingerprint density at radius 3 is 2.52 bits per heavy atom. The standard InChI is InChI=1S/C20H25N3O3S/c1-3-15(2)16-6-8-17(9-7-16)22-20(24)14-23(18-10-11-18)27(25,26)19-5-4-12-21-13-19/h4-9,12-13,15,18H,3,10-11,14H2,1-2H3,(H,22,24). The lowest BCUT2D eigenvalue weighted by molar-refractivity contribution is -0.116. The molecule has 0 spiro atoms. The molecule has 1 aliphatic carbocycles. The van der Waals surface area contributed by atoms with Crippen LogP contribution in [0.1, 0.15) is 44.6 Å². The third-order valence-electron chi connectivity index (χ3n) is 4.87. The maximum Gasteiger partial charge on any atom is 0.245 e. The van der Waals surface area contributed by atoms with E-state index in [0.717, 1.165) is 19.3 Å². The van der Waals surface area contributed by atoms with Crippen LogP contribution in [0.3, 0.4) is 0 Å². The summed E-state index contributed by atoms with van der Waals surface area (Å²) in [6.07, 6.45) is 5.44. The highest BCUT2D eigenvalue weighted by Crippen LogP contribution is 2.31. The van der Waals surface area contributed by atoms with Gasteiger partial charge in [-0.1, -0.05) is 26.0 Å². The van der Waals surface area contributed by atoms with Crippen molar-refractivity contribution in [3.8, 4) is 0 Å². The Bertz CT molecular complexity index is 878. The predicted molar refractivity (Wildman–Crippen MR) is 105 cm³/mol. The number of aromatic nitrogens is 1. The van der Waals surface area contributed by atoms with Crippen LogP contribution < -0.4 is 5.32 Å². The molecule has 2 aromatic rings. The van der Waals surface area contributed by atoms with E-state index in [-0.39, 0.29) is 23.4 Å². The van der Waals surface area contributed by atoms with E-state index in [2.05, 4.69) is 24.1 Å². The summed E-state index contributed by atoms with van der Waals surface area (Å²) in [4.78, 5) is 16.5. The molecule has 0 radical (unpaired) electrons. The lowest BCUT2D eigenvalue weighted by atomic mass is 9.99. The first-order chi connectivity index (χ1) is 12.9. The SMILES string of the molecule is CCC(C)c1ccc(NC(=O)CN(C2CC2)S(=O)(=O)c2cccnc2)cc1. The molecule has 3 rings (SSSR count). The average molecular weight is 388 g/mol. The summed E-state index contributed by atoms with van der Waals surface area (Å²) in [5.74, 6) is 0.121. The van der Waals surface area contributed by atoms with Crippen LogP contribution in [0.4, 0.5) is 5.69 Å². The molecule has 0 saturated heterocycles. The Hall–Kier alpha value is -2.25. The van der Waals surface area contributed by atoms with Crippen LogP contribution in [0.5, 0.6) is 0 Å². The summed E-state index contributed by atoms with van der Waals surface area (Å²) >= 11 is 0. The molecule has 1 amide bonds. The number of pyridine rings is 1. The molecule has 7 heteroatoms. The van der Waals surface area contributed by atoms with Crippen LogP contribution >= 0.6 is 0 Å². The Morgan fingerprint density at radius 2 is 1.96 bits per heavy atom. The van der Waals surface area contributed by atoms with E-state index in [9.17, 15) is 13.2 Å². The number of hydrogen-bond donors (Lipinski definition) is 1. The van der Waals surface area contributed by atoms with Gasteiger partial charge >= 0.3 is 0 Å². The molecule has 1 aromatic heterocycles. The monoisotopic (exact) mass is 387 g/mol. The van der Waals surface area contributed by atoms with Gasteiger partial charge in [-0.2, -0.15) is 4.31 Å². The highest BCUT2D eigenvalue weighted by atomic mass is 32.2. The second-order valence-electron chi connectivity index (χ2n) is 6.95. The zero-order valence-corrected chi connectivity index (χ0v) is 16.4. The largest absolute Gasteiger partial charge is 0.325 e. The second kappa shape index (κ2) is 8.19. The van der Waals surface area contributed by atoms with Gasteiger partial charge in [0, 0.05) is 24.1 Å². The lowest BCUT2D eigenvalue weighted by Crippen LogP contribution is -2.39. The number of sulfonamides is 1. The third kappa shape index (κ3) is 4.73. The Labute approximate surface area is 160 Å². The van der Waals surface area contributed by atoms with Gasteiger partial charge in [-0.15, -0.1) is 0 Å². The smallest absolute Gasteiger partial charge is 0.245 e. The van der Waals surface area contributed by atoms with Crippen molar-refractivity contribution < 1.29 is 13.2 Å². The summed E-state index contributed by atoms with van der Waals surface area (Å²) in [7, 11) is -3.74. The number of carbonyl (C=O) groups excluding carboxylic acids is 1. The lowest BCUT2D eigenvalue weighted by Gasteiger charge is -2.21. The van der Waals surface area contributed by atoms with Gasteiger partial charge in [0.25, 0.3) is 0 Å². The maximum atomic E-state index is 12.9. The molecule has 6 nitrogen and oxygen atoms in total. The summed E-state index contributed by atoms with van der Waals surface area (Å²) < 4.78 is 27.0. The number of rotatable bonds is 8. The Kier molecular flexibility index (Phi) is 5.92. The molecule has 1 unspecified atom stereocenters. The van der Waals surface area contributed by atoms with Crippen molar-refractivity contribution >= 4 is 21.6 Å². The molecule has 0 aliphatic heterocycles. The van der Waals surface area contributed by atoms with Gasteiger partial charge in [-0.05, 0) is 55.0 Å². The number of hydrogen-bond acceptors (Lipinski definition) is 4. The number of nitrogens with zero attached hydrogens (tertiary/aromatic N) is 2. The van der Waals surface area contributed by atoms with Crippen molar-refractivity contribution in [2.24, 2.45) is 0 Å². The Morgan fingerprint density at radius 1 is 1.26 bits per heavy atom. The second-order valence-corrected chi connectivity index (χ2v) is 8.84. The first kappa shape index (κ1) is 19.5. The number of anilines is 1. The van der Waals surface area contributed by atoms with E-state index in [1.165, 1.54) is 28.3 Å². The molecule has 144 valence electrons. The van der Waals surface area contributed by atoms with Crippen molar-refractivity contribution in [2.45, 2.75) is 50.0 Å². The number of nitrogens with one attached hydrogen (secondary N) is 1. The van der Waals surface area contributed by atoms with Gasteiger partial charge < -0.3 is 5.32 Å². The minimum Gasteiger partial charge on any atom is -0.325 e. The van der Waals surface area contributed by atoms with Crippen LogP contribution in [-0.4, -0.2) is 36.2 Å². The molecule has 1 aromatic carbocycles. The molecule has 1 atom stereocenters. The van der Waals surface area contributed by atoms with Gasteiger partial charge in [-0.25, -0.2) is 8.42 Å². The quantitative estimate of drug-likeness (QED) is 0.753. The first-order valence-corrected chi connectivity index (χ1v) is 10.7. The van der Waals surface area contributed by atoms with E-state index in [4.69, 9.17) is 0 Å². The summed E-state index contributed by atoms with van der Waals surface area (Å²) in [5.41, 5.74) is 1.89. The van der Waals surface area contributed by atoms with Crippen LogP contribution in [0.15, 0.2) is 53.7 Å². The topological polar surface area (TPSA) is 79.4 Å². The van der Waals surface area contributed by atoms with Crippen molar-refractivity contribution in [1.29, 1.82) is 0 Å².